The molecule has 38 heavy (non-hydrogen) atoms. The molecular formula is C25H24ClN3O8S. The minimum atomic E-state index is -4.54. The highest BCUT2D eigenvalue weighted by molar-refractivity contribution is 7.92. The topological polar surface area (TPSA) is 145 Å². The molecule has 0 aromatic heterocycles. The van der Waals surface area contributed by atoms with Gasteiger partial charge in [0.15, 0.2) is 0 Å². The summed E-state index contributed by atoms with van der Waals surface area (Å²) in [6.07, 6.45) is 0. The van der Waals surface area contributed by atoms with E-state index in [1.54, 1.807) is 6.92 Å². The smallest absolute Gasteiger partial charge is 0.338 e. The third kappa shape index (κ3) is 6.39. The van der Waals surface area contributed by atoms with Gasteiger partial charge in [-0.15, -0.1) is 0 Å². The highest BCUT2D eigenvalue weighted by Crippen LogP contribution is 2.35. The maximum atomic E-state index is 13.8. The Morgan fingerprint density at radius 2 is 1.84 bits per heavy atom. The number of methoxy groups -OCH3 is 1. The van der Waals surface area contributed by atoms with E-state index in [1.165, 1.54) is 68.6 Å². The molecule has 3 aromatic rings. The molecule has 0 aliphatic heterocycles. The lowest BCUT2D eigenvalue weighted by atomic mass is 10.2. The first kappa shape index (κ1) is 28.4. The first-order valence-corrected chi connectivity index (χ1v) is 13.0. The Kier molecular flexibility index (Phi) is 8.92. The van der Waals surface area contributed by atoms with Crippen molar-refractivity contribution in [1.82, 2.24) is 0 Å². The molecule has 0 spiro atoms. The van der Waals surface area contributed by atoms with Gasteiger partial charge in [0.2, 0.25) is 5.91 Å². The summed E-state index contributed by atoms with van der Waals surface area (Å²) >= 11 is 6.13. The maximum absolute atomic E-state index is 13.8. The number of nitro benzene ring substituents is 1. The number of nitro groups is 1. The summed E-state index contributed by atoms with van der Waals surface area (Å²) in [6.45, 7) is 2.56. The molecule has 0 fully saturated rings. The number of benzene rings is 3. The van der Waals surface area contributed by atoms with E-state index in [9.17, 15) is 28.1 Å². The second kappa shape index (κ2) is 11.9. The van der Waals surface area contributed by atoms with Crippen molar-refractivity contribution in [2.75, 3.05) is 29.9 Å². The van der Waals surface area contributed by atoms with E-state index in [0.717, 1.165) is 10.4 Å². The van der Waals surface area contributed by atoms with Crippen LogP contribution in [0.1, 0.15) is 22.8 Å². The minimum absolute atomic E-state index is 0.0568. The van der Waals surface area contributed by atoms with E-state index in [1.807, 2.05) is 0 Å². The van der Waals surface area contributed by atoms with Crippen LogP contribution in [0, 0.1) is 17.0 Å². The number of halogens is 1. The summed E-state index contributed by atoms with van der Waals surface area (Å²) in [5.41, 5.74) is 0.225. The molecule has 0 aliphatic carbocycles. The van der Waals surface area contributed by atoms with Crippen LogP contribution in [0.15, 0.2) is 65.6 Å². The van der Waals surface area contributed by atoms with Gasteiger partial charge in [-0.05, 0) is 56.3 Å². The van der Waals surface area contributed by atoms with Crippen LogP contribution >= 0.6 is 11.6 Å². The Hall–Kier alpha value is -4.16. The van der Waals surface area contributed by atoms with Crippen molar-refractivity contribution in [1.29, 1.82) is 0 Å². The lowest BCUT2D eigenvalue weighted by molar-refractivity contribution is -0.385. The van der Waals surface area contributed by atoms with Crippen molar-refractivity contribution >= 4 is 50.6 Å². The zero-order valence-corrected chi connectivity index (χ0v) is 22.2. The summed E-state index contributed by atoms with van der Waals surface area (Å²) in [5.74, 6) is -1.26. The van der Waals surface area contributed by atoms with Crippen LogP contribution in [-0.2, 0) is 19.6 Å². The fraction of sp³-hybridized carbons (Fsp3) is 0.200. The SMILES string of the molecule is CCOC(=O)c1cccc(NC(=O)CN(c2cc(Cl)ccc2OC)S(=O)(=O)c2ccc(C)c([N+](=O)[O-])c2)c1. The fourth-order valence-electron chi connectivity index (χ4n) is 3.50. The number of nitrogens with one attached hydrogen (secondary N) is 1. The third-order valence-corrected chi connectivity index (χ3v) is 7.31. The predicted octanol–water partition coefficient (Wildman–Crippen LogP) is 4.58. The van der Waals surface area contributed by atoms with Crippen LogP contribution in [0.4, 0.5) is 17.1 Å². The molecule has 1 amide bonds. The largest absolute Gasteiger partial charge is 0.495 e. The Bertz CT molecular complexity index is 1490. The molecule has 0 aliphatic rings. The summed E-state index contributed by atoms with van der Waals surface area (Å²) < 4.78 is 38.5. The Balaban J connectivity index is 2.04. The first-order valence-electron chi connectivity index (χ1n) is 11.2. The van der Waals surface area contributed by atoms with E-state index >= 15 is 0 Å². The lowest BCUT2D eigenvalue weighted by Gasteiger charge is -2.26. The number of hydrogen-bond acceptors (Lipinski definition) is 8. The zero-order valence-electron chi connectivity index (χ0n) is 20.6. The van der Waals surface area contributed by atoms with Gasteiger partial charge in [0, 0.05) is 22.3 Å². The quantitative estimate of drug-likeness (QED) is 0.215. The van der Waals surface area contributed by atoms with Crippen molar-refractivity contribution in [3.05, 3.63) is 86.9 Å². The number of amides is 1. The van der Waals surface area contributed by atoms with Crippen molar-refractivity contribution in [3.8, 4) is 5.75 Å². The van der Waals surface area contributed by atoms with Crippen molar-refractivity contribution in [2.24, 2.45) is 0 Å². The van der Waals surface area contributed by atoms with Gasteiger partial charge in [-0.2, -0.15) is 0 Å². The molecule has 3 rings (SSSR count). The van der Waals surface area contributed by atoms with Crippen LogP contribution in [0.3, 0.4) is 0 Å². The van der Waals surface area contributed by atoms with Crippen LogP contribution in [0.2, 0.25) is 5.02 Å². The third-order valence-electron chi connectivity index (χ3n) is 5.32. The number of sulfonamides is 1. The van der Waals surface area contributed by atoms with Crippen molar-refractivity contribution < 1.29 is 32.4 Å². The van der Waals surface area contributed by atoms with Crippen LogP contribution in [0.25, 0.3) is 0 Å². The molecule has 0 saturated carbocycles. The van der Waals surface area contributed by atoms with E-state index < -0.39 is 44.0 Å². The summed E-state index contributed by atoms with van der Waals surface area (Å²) in [5, 5.41) is 14.2. The molecule has 0 bridgehead atoms. The summed E-state index contributed by atoms with van der Waals surface area (Å²) in [4.78, 5) is 35.5. The standard InChI is InChI=1S/C25H24ClN3O8S/c1-4-37-25(31)17-6-5-7-19(12-17)27-24(30)15-28(22-13-18(26)9-11-23(22)36-3)38(34,35)20-10-8-16(2)21(14-20)29(32)33/h5-14H,4,15H2,1-3H3,(H,27,30). The van der Waals surface area contributed by atoms with Crippen LogP contribution in [0.5, 0.6) is 5.75 Å². The highest BCUT2D eigenvalue weighted by Gasteiger charge is 2.31. The van der Waals surface area contributed by atoms with Gasteiger partial charge in [-0.1, -0.05) is 23.7 Å². The number of rotatable bonds is 10. The first-order chi connectivity index (χ1) is 18.0. The molecule has 0 saturated heterocycles. The second-order valence-electron chi connectivity index (χ2n) is 7.88. The zero-order chi connectivity index (χ0) is 28.0. The van der Waals surface area contributed by atoms with Gasteiger partial charge in [0.25, 0.3) is 15.7 Å². The number of carbonyl (C=O) groups excluding carboxylic acids is 2. The van der Waals surface area contributed by atoms with Gasteiger partial charge < -0.3 is 14.8 Å². The van der Waals surface area contributed by atoms with Gasteiger partial charge in [0.05, 0.1) is 34.8 Å². The fourth-order valence-corrected chi connectivity index (χ4v) is 5.11. The summed E-state index contributed by atoms with van der Waals surface area (Å²) in [7, 11) is -3.22. The van der Waals surface area contributed by atoms with Crippen LogP contribution in [-0.4, -0.2) is 45.5 Å². The minimum Gasteiger partial charge on any atom is -0.495 e. The molecule has 0 heterocycles. The van der Waals surface area contributed by atoms with Crippen molar-refractivity contribution in [2.45, 2.75) is 18.7 Å². The lowest BCUT2D eigenvalue weighted by Crippen LogP contribution is -2.38. The van der Waals surface area contributed by atoms with Gasteiger partial charge >= 0.3 is 5.97 Å². The van der Waals surface area contributed by atoms with E-state index in [0.29, 0.717) is 0 Å². The van der Waals surface area contributed by atoms with Gasteiger partial charge in [0.1, 0.15) is 12.3 Å². The average molecular weight is 562 g/mol. The number of anilines is 2. The van der Waals surface area contributed by atoms with Gasteiger partial charge in [-0.25, -0.2) is 13.2 Å². The number of nitrogens with zero attached hydrogens (tertiary/aromatic N) is 2. The molecule has 1 N–H and O–H groups in total. The molecule has 0 atom stereocenters. The maximum Gasteiger partial charge on any atom is 0.338 e. The number of hydrogen-bond donors (Lipinski definition) is 1. The normalized spacial score (nSPS) is 10.9. The molecule has 200 valence electrons. The van der Waals surface area contributed by atoms with Gasteiger partial charge in [-0.3, -0.25) is 19.2 Å². The van der Waals surface area contributed by atoms with E-state index in [2.05, 4.69) is 5.32 Å². The van der Waals surface area contributed by atoms with E-state index in [-0.39, 0.29) is 39.9 Å². The number of esters is 1. The molecular weight excluding hydrogens is 538 g/mol. The monoisotopic (exact) mass is 561 g/mol. The predicted molar refractivity (Wildman–Crippen MR) is 141 cm³/mol. The molecule has 0 radical (unpaired) electrons. The number of aryl methyl sites for hydroxylation is 1. The Morgan fingerprint density at radius 1 is 1.11 bits per heavy atom. The second-order valence-corrected chi connectivity index (χ2v) is 10.2. The summed E-state index contributed by atoms with van der Waals surface area (Å²) in [6, 6.07) is 13.6. The number of ether oxygens (including phenoxy) is 2. The van der Waals surface area contributed by atoms with Crippen molar-refractivity contribution in [3.63, 3.8) is 0 Å². The average Bonchev–Trinajstić information content (AvgIpc) is 2.87. The molecule has 13 heteroatoms. The molecule has 0 unspecified atom stereocenters. The Morgan fingerprint density at radius 3 is 2.50 bits per heavy atom. The van der Waals surface area contributed by atoms with Crippen LogP contribution < -0.4 is 14.4 Å². The molecule has 11 nitrogen and oxygen atoms in total. The van der Waals surface area contributed by atoms with E-state index in [4.69, 9.17) is 21.1 Å². The molecule has 3 aromatic carbocycles. The Labute approximate surface area is 224 Å². The number of carbonyl (C=O) groups is 2. The highest BCUT2D eigenvalue weighted by atomic mass is 35.5.